The standard InChI is InChI=1S/C28H20N4O3/c1-18-9-11-25-26(13-18)31-28(30-25)21(16-29)15-24-23-8-3-2-6-20(23)10-12-27(24)35-17-19-5-4-7-22(14-19)32(33)34/h2-15H,17H2,1H3,(H,30,31). The number of rotatable bonds is 6. The molecule has 0 radical (unpaired) electrons. The molecule has 1 aromatic heterocycles. The number of H-pyrrole nitrogens is 1. The van der Waals surface area contributed by atoms with E-state index in [-0.39, 0.29) is 12.3 Å². The highest BCUT2D eigenvalue weighted by atomic mass is 16.6. The summed E-state index contributed by atoms with van der Waals surface area (Å²) in [6.07, 6.45) is 1.77. The second-order valence-electron chi connectivity index (χ2n) is 8.19. The van der Waals surface area contributed by atoms with E-state index >= 15 is 0 Å². The first-order valence-corrected chi connectivity index (χ1v) is 11.0. The van der Waals surface area contributed by atoms with Crippen LogP contribution >= 0.6 is 0 Å². The summed E-state index contributed by atoms with van der Waals surface area (Å²) in [4.78, 5) is 18.5. The number of nitrogens with zero attached hydrogens (tertiary/aromatic N) is 3. The van der Waals surface area contributed by atoms with Gasteiger partial charge in [-0.3, -0.25) is 10.1 Å². The zero-order valence-corrected chi connectivity index (χ0v) is 18.9. The SMILES string of the molecule is Cc1ccc2nc(C(C#N)=Cc3c(OCc4cccc([N+](=O)[O-])c4)ccc4ccccc34)[nH]c2c1. The molecule has 0 aliphatic heterocycles. The Kier molecular flexibility index (Phi) is 5.70. The van der Waals surface area contributed by atoms with Crippen molar-refractivity contribution in [1.82, 2.24) is 9.97 Å². The van der Waals surface area contributed by atoms with Gasteiger partial charge in [0, 0.05) is 17.7 Å². The first-order chi connectivity index (χ1) is 17.0. The molecule has 0 atom stereocenters. The Labute approximate surface area is 201 Å². The average Bonchev–Trinajstić information content (AvgIpc) is 3.29. The van der Waals surface area contributed by atoms with E-state index in [4.69, 9.17) is 4.74 Å². The van der Waals surface area contributed by atoms with E-state index in [9.17, 15) is 15.4 Å². The fraction of sp³-hybridized carbons (Fsp3) is 0.0714. The molecule has 5 rings (SSSR count). The van der Waals surface area contributed by atoms with Crippen molar-refractivity contribution in [3.8, 4) is 11.8 Å². The molecule has 1 heterocycles. The summed E-state index contributed by atoms with van der Waals surface area (Å²) in [7, 11) is 0. The van der Waals surface area contributed by atoms with Crippen molar-refractivity contribution in [2.45, 2.75) is 13.5 Å². The minimum absolute atomic E-state index is 0.0108. The summed E-state index contributed by atoms with van der Waals surface area (Å²) in [5.41, 5.74) is 4.54. The van der Waals surface area contributed by atoms with Gasteiger partial charge in [-0.15, -0.1) is 0 Å². The Morgan fingerprint density at radius 3 is 2.80 bits per heavy atom. The molecule has 5 aromatic rings. The van der Waals surface area contributed by atoms with Crippen LogP contribution in [0.2, 0.25) is 0 Å². The fourth-order valence-electron chi connectivity index (χ4n) is 4.02. The maximum absolute atomic E-state index is 11.1. The van der Waals surface area contributed by atoms with Gasteiger partial charge in [-0.2, -0.15) is 5.26 Å². The van der Waals surface area contributed by atoms with Crippen molar-refractivity contribution in [3.63, 3.8) is 0 Å². The highest BCUT2D eigenvalue weighted by Gasteiger charge is 2.13. The van der Waals surface area contributed by atoms with Crippen LogP contribution in [-0.2, 0) is 6.61 Å². The number of ether oxygens (including phenoxy) is 1. The van der Waals surface area contributed by atoms with Crippen LogP contribution < -0.4 is 4.74 Å². The molecule has 7 nitrogen and oxygen atoms in total. The highest BCUT2D eigenvalue weighted by molar-refractivity contribution is 6.00. The Hall–Kier alpha value is -4.96. The van der Waals surface area contributed by atoms with Gasteiger partial charge in [0.1, 0.15) is 24.3 Å². The number of allylic oxidation sites excluding steroid dienone is 1. The van der Waals surface area contributed by atoms with Crippen molar-refractivity contribution in [1.29, 1.82) is 5.26 Å². The average molecular weight is 460 g/mol. The number of aryl methyl sites for hydroxylation is 1. The van der Waals surface area contributed by atoms with Crippen LogP contribution in [0, 0.1) is 28.4 Å². The molecule has 7 heteroatoms. The smallest absolute Gasteiger partial charge is 0.269 e. The Morgan fingerprint density at radius 1 is 1.11 bits per heavy atom. The molecule has 0 saturated heterocycles. The molecule has 0 aliphatic rings. The van der Waals surface area contributed by atoms with E-state index in [0.717, 1.165) is 32.9 Å². The van der Waals surface area contributed by atoms with Crippen LogP contribution in [0.1, 0.15) is 22.5 Å². The van der Waals surface area contributed by atoms with Gasteiger partial charge < -0.3 is 9.72 Å². The van der Waals surface area contributed by atoms with Gasteiger partial charge in [-0.05, 0) is 53.1 Å². The summed E-state index contributed by atoms with van der Waals surface area (Å²) in [6, 6.07) is 26.2. The van der Waals surface area contributed by atoms with E-state index in [1.807, 2.05) is 61.5 Å². The van der Waals surface area contributed by atoms with Crippen molar-refractivity contribution in [2.75, 3.05) is 0 Å². The van der Waals surface area contributed by atoms with Crippen molar-refractivity contribution < 1.29 is 9.66 Å². The monoisotopic (exact) mass is 460 g/mol. The number of fused-ring (bicyclic) bond motifs is 2. The van der Waals surface area contributed by atoms with Crippen molar-refractivity contribution in [2.24, 2.45) is 0 Å². The van der Waals surface area contributed by atoms with E-state index in [0.29, 0.717) is 22.7 Å². The van der Waals surface area contributed by atoms with E-state index in [2.05, 4.69) is 16.0 Å². The van der Waals surface area contributed by atoms with Crippen LogP contribution in [0.3, 0.4) is 0 Å². The Balaban J connectivity index is 1.57. The summed E-state index contributed by atoms with van der Waals surface area (Å²) in [5.74, 6) is 1.04. The number of nitrogens with one attached hydrogen (secondary N) is 1. The lowest BCUT2D eigenvalue weighted by Gasteiger charge is -2.12. The topological polar surface area (TPSA) is 105 Å². The van der Waals surface area contributed by atoms with Gasteiger partial charge in [0.05, 0.1) is 21.5 Å². The molecule has 0 spiro atoms. The van der Waals surface area contributed by atoms with Gasteiger partial charge in [-0.1, -0.05) is 48.5 Å². The molecule has 0 amide bonds. The molecule has 1 N–H and O–H groups in total. The van der Waals surface area contributed by atoms with Gasteiger partial charge in [0.2, 0.25) is 0 Å². The molecule has 0 fully saturated rings. The molecule has 0 saturated carbocycles. The quantitative estimate of drug-likeness (QED) is 0.175. The van der Waals surface area contributed by atoms with Crippen LogP contribution in [-0.4, -0.2) is 14.9 Å². The van der Waals surface area contributed by atoms with Crippen molar-refractivity contribution in [3.05, 3.63) is 111 Å². The molecular weight excluding hydrogens is 440 g/mol. The zero-order valence-electron chi connectivity index (χ0n) is 18.9. The van der Waals surface area contributed by atoms with Crippen LogP contribution in [0.5, 0.6) is 5.75 Å². The number of nitro groups is 1. The largest absolute Gasteiger partial charge is 0.488 e. The minimum Gasteiger partial charge on any atom is -0.488 e. The number of non-ortho nitro benzene ring substituents is 1. The second-order valence-corrected chi connectivity index (χ2v) is 8.19. The first kappa shape index (κ1) is 21.9. The first-order valence-electron chi connectivity index (χ1n) is 11.0. The third-order valence-corrected chi connectivity index (χ3v) is 5.75. The number of imidazole rings is 1. The lowest BCUT2D eigenvalue weighted by atomic mass is 10.0. The number of hydrogen-bond acceptors (Lipinski definition) is 5. The van der Waals surface area contributed by atoms with Crippen LogP contribution in [0.4, 0.5) is 5.69 Å². The predicted octanol–water partition coefficient (Wildman–Crippen LogP) is 6.58. The molecule has 170 valence electrons. The maximum atomic E-state index is 11.1. The number of hydrogen-bond donors (Lipinski definition) is 1. The van der Waals surface area contributed by atoms with Crippen LogP contribution in [0.25, 0.3) is 33.5 Å². The number of aromatic nitrogens is 2. The summed E-state index contributed by atoms with van der Waals surface area (Å²) in [6.45, 7) is 2.15. The molecule has 4 aromatic carbocycles. The van der Waals surface area contributed by atoms with E-state index in [1.54, 1.807) is 18.2 Å². The summed E-state index contributed by atoms with van der Waals surface area (Å²) >= 11 is 0. The predicted molar refractivity (Wildman–Crippen MR) is 136 cm³/mol. The lowest BCUT2D eigenvalue weighted by Crippen LogP contribution is -1.99. The maximum Gasteiger partial charge on any atom is 0.269 e. The van der Waals surface area contributed by atoms with Crippen LogP contribution in [0.15, 0.2) is 78.9 Å². The third-order valence-electron chi connectivity index (χ3n) is 5.75. The normalized spacial score (nSPS) is 11.5. The minimum atomic E-state index is -0.429. The second kappa shape index (κ2) is 9.12. The number of nitro benzene ring substituents is 1. The molecule has 0 unspecified atom stereocenters. The van der Waals surface area contributed by atoms with Gasteiger partial charge >= 0.3 is 0 Å². The van der Waals surface area contributed by atoms with Gasteiger partial charge in [0.25, 0.3) is 5.69 Å². The molecule has 0 bridgehead atoms. The van der Waals surface area contributed by atoms with Gasteiger partial charge in [0.15, 0.2) is 0 Å². The van der Waals surface area contributed by atoms with E-state index in [1.165, 1.54) is 12.1 Å². The summed E-state index contributed by atoms with van der Waals surface area (Å²) < 4.78 is 6.11. The number of benzene rings is 4. The van der Waals surface area contributed by atoms with E-state index < -0.39 is 4.92 Å². The molecular formula is C28H20N4O3. The van der Waals surface area contributed by atoms with Crippen molar-refractivity contribution >= 4 is 39.1 Å². The fourth-order valence-corrected chi connectivity index (χ4v) is 4.02. The Morgan fingerprint density at radius 2 is 1.97 bits per heavy atom. The number of aromatic amines is 1. The highest BCUT2D eigenvalue weighted by Crippen LogP contribution is 2.32. The lowest BCUT2D eigenvalue weighted by molar-refractivity contribution is -0.384. The zero-order chi connectivity index (χ0) is 24.4. The van der Waals surface area contributed by atoms with Gasteiger partial charge in [-0.25, -0.2) is 4.98 Å². The summed E-state index contributed by atoms with van der Waals surface area (Å²) in [5, 5.41) is 23.0. The molecule has 0 aliphatic carbocycles. The molecule has 35 heavy (non-hydrogen) atoms. The number of nitriles is 1. The third kappa shape index (κ3) is 4.45. The Bertz CT molecular complexity index is 1660.